The van der Waals surface area contributed by atoms with Crippen molar-refractivity contribution in [3.8, 4) is 0 Å². The Morgan fingerprint density at radius 2 is 1.54 bits per heavy atom. The number of aryl methyl sites for hydroxylation is 1. The molecular formula is C28H30Cl3N3O4S. The molecule has 0 aliphatic heterocycles. The van der Waals surface area contributed by atoms with Gasteiger partial charge in [0.25, 0.3) is 10.0 Å². The van der Waals surface area contributed by atoms with Gasteiger partial charge in [-0.2, -0.15) is 0 Å². The molecule has 0 saturated carbocycles. The summed E-state index contributed by atoms with van der Waals surface area (Å²) in [5.41, 5.74) is 1.79. The fraction of sp³-hybridized carbons (Fsp3) is 0.286. The van der Waals surface area contributed by atoms with Gasteiger partial charge in [-0.1, -0.05) is 65.5 Å². The third kappa shape index (κ3) is 7.88. The summed E-state index contributed by atoms with van der Waals surface area (Å²) in [7, 11) is -4.18. The van der Waals surface area contributed by atoms with Crippen molar-refractivity contribution in [2.24, 2.45) is 0 Å². The third-order valence-corrected chi connectivity index (χ3v) is 8.70. The summed E-state index contributed by atoms with van der Waals surface area (Å²) < 4.78 is 28.6. The van der Waals surface area contributed by atoms with Crippen molar-refractivity contribution in [1.82, 2.24) is 10.2 Å². The Labute approximate surface area is 244 Å². The largest absolute Gasteiger partial charge is 0.354 e. The average molecular weight is 611 g/mol. The quantitative estimate of drug-likeness (QED) is 0.285. The number of nitrogens with zero attached hydrogens (tertiary/aromatic N) is 2. The number of amides is 2. The highest BCUT2D eigenvalue weighted by molar-refractivity contribution is 7.92. The van der Waals surface area contributed by atoms with Crippen LogP contribution in [-0.4, -0.2) is 44.3 Å². The number of rotatable bonds is 11. The van der Waals surface area contributed by atoms with Gasteiger partial charge in [0.1, 0.15) is 12.6 Å². The van der Waals surface area contributed by atoms with Gasteiger partial charge >= 0.3 is 0 Å². The van der Waals surface area contributed by atoms with E-state index in [9.17, 15) is 18.0 Å². The molecule has 0 aliphatic carbocycles. The van der Waals surface area contributed by atoms with Crippen molar-refractivity contribution in [3.63, 3.8) is 0 Å². The van der Waals surface area contributed by atoms with Crippen molar-refractivity contribution in [3.05, 3.63) is 92.9 Å². The topological polar surface area (TPSA) is 86.8 Å². The fourth-order valence-electron chi connectivity index (χ4n) is 3.79. The lowest BCUT2D eigenvalue weighted by atomic mass is 10.1. The zero-order chi connectivity index (χ0) is 28.7. The van der Waals surface area contributed by atoms with Gasteiger partial charge in [-0.15, -0.1) is 0 Å². The highest BCUT2D eigenvalue weighted by Gasteiger charge is 2.32. The first kappa shape index (κ1) is 30.8. The Morgan fingerprint density at radius 1 is 0.923 bits per heavy atom. The zero-order valence-electron chi connectivity index (χ0n) is 21.8. The predicted molar refractivity (Wildman–Crippen MR) is 157 cm³/mol. The highest BCUT2D eigenvalue weighted by atomic mass is 35.5. The average Bonchev–Trinajstić information content (AvgIpc) is 2.90. The summed E-state index contributed by atoms with van der Waals surface area (Å²) in [5.74, 6) is -0.948. The van der Waals surface area contributed by atoms with E-state index in [0.29, 0.717) is 32.9 Å². The third-order valence-electron chi connectivity index (χ3n) is 6.07. The Morgan fingerprint density at radius 3 is 2.13 bits per heavy atom. The molecule has 0 heterocycles. The second-order valence-corrected chi connectivity index (χ2v) is 12.2. The SMILES string of the molecule is CCCNC(=O)[C@@H](C)N(Cc1ccc(Cl)cc1Cl)C(=O)CN(c1ccc(C)cc1)S(=O)(=O)c1ccc(Cl)cc1. The molecule has 1 atom stereocenters. The van der Waals surface area contributed by atoms with Crippen LogP contribution in [-0.2, 0) is 26.2 Å². The predicted octanol–water partition coefficient (Wildman–Crippen LogP) is 6.09. The first-order valence-corrected chi connectivity index (χ1v) is 14.9. The van der Waals surface area contributed by atoms with Crippen LogP contribution in [0.3, 0.4) is 0 Å². The van der Waals surface area contributed by atoms with Crippen LogP contribution in [0.5, 0.6) is 0 Å². The van der Waals surface area contributed by atoms with Crippen LogP contribution in [0.2, 0.25) is 15.1 Å². The molecule has 0 aliphatic rings. The van der Waals surface area contributed by atoms with Crippen LogP contribution in [0.15, 0.2) is 71.6 Å². The standard InChI is InChI=1S/C28H30Cl3N3O4S/c1-4-15-32-28(36)20(3)33(17-21-7-8-23(30)16-26(21)31)27(35)18-34(24-11-5-19(2)6-12-24)39(37,38)25-13-9-22(29)10-14-25/h5-14,16,20H,4,15,17-18H2,1-3H3,(H,32,36)/t20-/m1/s1. The van der Waals surface area contributed by atoms with E-state index in [0.717, 1.165) is 16.3 Å². The van der Waals surface area contributed by atoms with Gasteiger partial charge in [0.2, 0.25) is 11.8 Å². The van der Waals surface area contributed by atoms with Crippen LogP contribution in [0, 0.1) is 6.92 Å². The number of anilines is 1. The Kier molecular flexibility index (Phi) is 10.7. The first-order valence-electron chi connectivity index (χ1n) is 12.3. The van der Waals surface area contributed by atoms with E-state index in [-0.39, 0.29) is 17.3 Å². The van der Waals surface area contributed by atoms with Gasteiger partial charge in [-0.05, 0) is 74.4 Å². The molecule has 2 amide bonds. The lowest BCUT2D eigenvalue weighted by molar-refractivity contribution is -0.139. The minimum atomic E-state index is -4.18. The minimum absolute atomic E-state index is 0.0266. The number of benzene rings is 3. The maximum Gasteiger partial charge on any atom is 0.264 e. The van der Waals surface area contributed by atoms with E-state index in [1.165, 1.54) is 29.2 Å². The van der Waals surface area contributed by atoms with Gasteiger partial charge in [0.05, 0.1) is 10.6 Å². The number of carbonyl (C=O) groups is 2. The van der Waals surface area contributed by atoms with E-state index in [1.807, 2.05) is 13.8 Å². The summed E-state index contributed by atoms with van der Waals surface area (Å²) in [5, 5.41) is 3.93. The van der Waals surface area contributed by atoms with Crippen LogP contribution in [0.1, 0.15) is 31.4 Å². The minimum Gasteiger partial charge on any atom is -0.354 e. The van der Waals surface area contributed by atoms with E-state index >= 15 is 0 Å². The van der Waals surface area contributed by atoms with Gasteiger partial charge < -0.3 is 10.2 Å². The van der Waals surface area contributed by atoms with E-state index in [1.54, 1.807) is 49.4 Å². The molecule has 0 unspecified atom stereocenters. The summed E-state index contributed by atoms with van der Waals surface area (Å²) in [6, 6.07) is 16.4. The molecule has 7 nitrogen and oxygen atoms in total. The van der Waals surface area contributed by atoms with Crippen LogP contribution >= 0.6 is 34.8 Å². The Bertz CT molecular complexity index is 1410. The van der Waals surface area contributed by atoms with Crippen molar-refractivity contribution < 1.29 is 18.0 Å². The molecular weight excluding hydrogens is 581 g/mol. The number of halogens is 3. The molecule has 1 N–H and O–H groups in total. The van der Waals surface area contributed by atoms with E-state index in [4.69, 9.17) is 34.8 Å². The van der Waals surface area contributed by atoms with Crippen LogP contribution in [0.4, 0.5) is 5.69 Å². The van der Waals surface area contributed by atoms with Crippen molar-refractivity contribution in [1.29, 1.82) is 0 Å². The van der Waals surface area contributed by atoms with E-state index in [2.05, 4.69) is 5.32 Å². The molecule has 208 valence electrons. The molecule has 0 aromatic heterocycles. The number of hydrogen-bond donors (Lipinski definition) is 1. The summed E-state index contributed by atoms with van der Waals surface area (Å²) in [4.78, 5) is 28.1. The van der Waals surface area contributed by atoms with Crippen LogP contribution in [0.25, 0.3) is 0 Å². The molecule has 0 radical (unpaired) electrons. The van der Waals surface area contributed by atoms with Gasteiger partial charge in [-0.25, -0.2) is 8.42 Å². The van der Waals surface area contributed by atoms with Crippen molar-refractivity contribution >= 4 is 62.3 Å². The number of carbonyl (C=O) groups excluding carboxylic acids is 2. The zero-order valence-corrected chi connectivity index (χ0v) is 24.9. The van der Waals surface area contributed by atoms with Crippen molar-refractivity contribution in [2.75, 3.05) is 17.4 Å². The lowest BCUT2D eigenvalue weighted by Gasteiger charge is -2.32. The van der Waals surface area contributed by atoms with Gasteiger partial charge in [0, 0.05) is 28.2 Å². The second kappa shape index (κ2) is 13.5. The molecule has 11 heteroatoms. The smallest absolute Gasteiger partial charge is 0.264 e. The molecule has 0 saturated heterocycles. The Balaban J connectivity index is 2.03. The monoisotopic (exact) mass is 609 g/mol. The number of nitrogens with one attached hydrogen (secondary N) is 1. The molecule has 3 rings (SSSR count). The second-order valence-electron chi connectivity index (χ2n) is 9.03. The van der Waals surface area contributed by atoms with Gasteiger partial charge in [-0.3, -0.25) is 13.9 Å². The molecule has 0 spiro atoms. The first-order chi connectivity index (χ1) is 18.4. The number of sulfonamides is 1. The maximum absolute atomic E-state index is 13.9. The van der Waals surface area contributed by atoms with Crippen LogP contribution < -0.4 is 9.62 Å². The normalized spacial score (nSPS) is 12.1. The molecule has 0 fully saturated rings. The summed E-state index contributed by atoms with van der Waals surface area (Å²) >= 11 is 18.4. The van der Waals surface area contributed by atoms with Gasteiger partial charge in [0.15, 0.2) is 0 Å². The van der Waals surface area contributed by atoms with E-state index < -0.39 is 28.5 Å². The maximum atomic E-state index is 13.9. The molecule has 39 heavy (non-hydrogen) atoms. The number of hydrogen-bond acceptors (Lipinski definition) is 4. The molecule has 3 aromatic rings. The van der Waals surface area contributed by atoms with Crippen molar-refractivity contribution in [2.45, 2.75) is 44.7 Å². The highest BCUT2D eigenvalue weighted by Crippen LogP contribution is 2.27. The Hall–Kier alpha value is -2.78. The molecule has 3 aromatic carbocycles. The lowest BCUT2D eigenvalue weighted by Crippen LogP contribution is -2.51. The molecule has 0 bridgehead atoms. The fourth-order valence-corrected chi connectivity index (χ4v) is 5.79. The summed E-state index contributed by atoms with van der Waals surface area (Å²) in [6.45, 7) is 5.25. The summed E-state index contributed by atoms with van der Waals surface area (Å²) in [6.07, 6.45) is 0.718.